The third-order valence-corrected chi connectivity index (χ3v) is 8.69. The number of nitrogens with one attached hydrogen (secondary N) is 1. The van der Waals surface area contributed by atoms with Crippen LogP contribution in [0.15, 0.2) is 48.9 Å². The number of likely N-dealkylation sites (N-methyl/N-ethyl adjacent to an activating group) is 1. The molecule has 1 aliphatic heterocycles. The maximum absolute atomic E-state index is 15.2. The minimum atomic E-state index is -1.18. The first-order valence-corrected chi connectivity index (χ1v) is 14.1. The van der Waals surface area contributed by atoms with Crippen LogP contribution in [0.2, 0.25) is 0 Å². The van der Waals surface area contributed by atoms with Gasteiger partial charge in [0.2, 0.25) is 11.9 Å². The van der Waals surface area contributed by atoms with Gasteiger partial charge < -0.3 is 26.0 Å². The van der Waals surface area contributed by atoms with E-state index in [0.717, 1.165) is 12.1 Å². The Bertz CT molecular complexity index is 1620. The normalized spacial score (nSPS) is 21.7. The fourth-order valence-corrected chi connectivity index (χ4v) is 6.26. The lowest BCUT2D eigenvalue weighted by atomic mass is 9.75. The van der Waals surface area contributed by atoms with Gasteiger partial charge in [-0.1, -0.05) is 6.92 Å². The Morgan fingerprint density at radius 1 is 1.17 bits per heavy atom. The zero-order valence-electron chi connectivity index (χ0n) is 23.8. The predicted molar refractivity (Wildman–Crippen MR) is 155 cm³/mol. The number of nitrogens with zero attached hydrogens (tertiary/aromatic N) is 6. The molecule has 12 heteroatoms. The summed E-state index contributed by atoms with van der Waals surface area (Å²) in [6, 6.07) is 7.16. The van der Waals surface area contributed by atoms with Crippen molar-refractivity contribution in [3.63, 3.8) is 0 Å². The average molecular weight is 577 g/mol. The van der Waals surface area contributed by atoms with Crippen molar-refractivity contribution in [3.05, 3.63) is 66.1 Å². The smallest absolute Gasteiger partial charge is 0.229 e. The van der Waals surface area contributed by atoms with Crippen molar-refractivity contribution < 1.29 is 18.7 Å². The highest BCUT2D eigenvalue weighted by atomic mass is 19.1. The third kappa shape index (κ3) is 4.84. The molecule has 6 rings (SSSR count). The van der Waals surface area contributed by atoms with Crippen LogP contribution in [0.3, 0.4) is 0 Å². The number of piperidine rings is 1. The van der Waals surface area contributed by atoms with Crippen LogP contribution in [0.4, 0.5) is 26.1 Å². The minimum absolute atomic E-state index is 0.0218. The van der Waals surface area contributed by atoms with Crippen molar-refractivity contribution in [2.24, 2.45) is 11.7 Å². The zero-order chi connectivity index (χ0) is 29.8. The first kappa shape index (κ1) is 28.0. The quantitative estimate of drug-likeness (QED) is 0.317. The summed E-state index contributed by atoms with van der Waals surface area (Å²) >= 11 is 0. The van der Waals surface area contributed by atoms with Gasteiger partial charge in [-0.3, -0.25) is 9.78 Å². The van der Waals surface area contributed by atoms with Gasteiger partial charge in [0, 0.05) is 39.3 Å². The van der Waals surface area contributed by atoms with Crippen LogP contribution < -0.4 is 16.0 Å². The van der Waals surface area contributed by atoms with Gasteiger partial charge in [0.1, 0.15) is 11.6 Å². The van der Waals surface area contributed by atoms with E-state index in [9.17, 15) is 9.90 Å². The van der Waals surface area contributed by atoms with Crippen molar-refractivity contribution in [1.82, 2.24) is 24.5 Å². The first-order valence-electron chi connectivity index (χ1n) is 14.1. The summed E-state index contributed by atoms with van der Waals surface area (Å²) in [6.07, 6.45) is 6.75. The molecule has 1 aromatic carbocycles. The fraction of sp³-hybridized carbons (Fsp3) is 0.400. The molecule has 2 aliphatic rings. The average Bonchev–Trinajstić information content (AvgIpc) is 3.33. The number of benzene rings is 1. The van der Waals surface area contributed by atoms with Crippen molar-refractivity contribution in [1.29, 1.82) is 0 Å². The maximum Gasteiger partial charge on any atom is 0.229 e. The second kappa shape index (κ2) is 10.6. The van der Waals surface area contributed by atoms with E-state index in [0.29, 0.717) is 43.1 Å². The van der Waals surface area contributed by atoms with E-state index < -0.39 is 17.2 Å². The number of carbonyl (C=O) groups excluding carboxylic acids is 1. The number of aromatic nitrogens is 4. The van der Waals surface area contributed by atoms with Gasteiger partial charge in [0.25, 0.3) is 0 Å². The topological polar surface area (TPSA) is 125 Å². The number of rotatable bonds is 6. The highest BCUT2D eigenvalue weighted by Gasteiger charge is 2.38. The van der Waals surface area contributed by atoms with Crippen LogP contribution in [-0.4, -0.2) is 67.7 Å². The van der Waals surface area contributed by atoms with Crippen LogP contribution in [0.1, 0.15) is 38.7 Å². The monoisotopic (exact) mass is 576 g/mol. The molecule has 1 aliphatic carbocycles. The van der Waals surface area contributed by atoms with Crippen molar-refractivity contribution in [2.45, 2.75) is 50.8 Å². The van der Waals surface area contributed by atoms with Gasteiger partial charge in [0.15, 0.2) is 0 Å². The molecule has 0 bridgehead atoms. The number of pyridine rings is 1. The standard InChI is InChI=1S/C30H34F2N8O2/c1-17-15-39(16-23(33)28(17)38(3)18(2)41)26-7-10-34-14-25(26)36-29-35-13-20-5-6-24(37-40(20)29)27-21(31)11-19(12-22(27)32)30(42)8-4-9-30/h5-7,10-14,17,23,28,42H,4,8-9,15-16,33H2,1-3H3,(H,35,36)/t17-,23+,28-/m0/s1. The van der Waals surface area contributed by atoms with Crippen molar-refractivity contribution in [2.75, 3.05) is 30.4 Å². The highest BCUT2D eigenvalue weighted by molar-refractivity contribution is 5.75. The molecule has 42 heavy (non-hydrogen) atoms. The molecule has 0 radical (unpaired) electrons. The second-order valence-electron chi connectivity index (χ2n) is 11.5. The van der Waals surface area contributed by atoms with Gasteiger partial charge in [-0.15, -0.1) is 0 Å². The Morgan fingerprint density at radius 3 is 2.55 bits per heavy atom. The fourth-order valence-electron chi connectivity index (χ4n) is 6.26. The third-order valence-electron chi connectivity index (χ3n) is 8.69. The molecule has 2 fully saturated rings. The van der Waals surface area contributed by atoms with E-state index in [1.807, 2.05) is 6.07 Å². The lowest BCUT2D eigenvalue weighted by Crippen LogP contribution is -2.62. The Kier molecular flexibility index (Phi) is 7.06. The van der Waals surface area contributed by atoms with E-state index in [-0.39, 0.29) is 40.7 Å². The van der Waals surface area contributed by atoms with Gasteiger partial charge >= 0.3 is 0 Å². The van der Waals surface area contributed by atoms with E-state index in [2.05, 4.69) is 32.2 Å². The van der Waals surface area contributed by atoms with Gasteiger partial charge in [0.05, 0.1) is 52.2 Å². The number of anilines is 3. The summed E-state index contributed by atoms with van der Waals surface area (Å²) in [5, 5.41) is 18.4. The molecule has 1 saturated heterocycles. The van der Waals surface area contributed by atoms with Crippen LogP contribution in [-0.2, 0) is 10.4 Å². The Morgan fingerprint density at radius 2 is 1.90 bits per heavy atom. The molecule has 4 aromatic rings. The molecule has 0 unspecified atom stereocenters. The maximum atomic E-state index is 15.2. The molecule has 1 saturated carbocycles. The minimum Gasteiger partial charge on any atom is -0.385 e. The largest absolute Gasteiger partial charge is 0.385 e. The number of hydrogen-bond donors (Lipinski definition) is 3. The van der Waals surface area contributed by atoms with Crippen LogP contribution >= 0.6 is 0 Å². The summed E-state index contributed by atoms with van der Waals surface area (Å²) in [5.41, 5.74) is 7.58. The van der Waals surface area contributed by atoms with Gasteiger partial charge in [-0.05, 0) is 61.1 Å². The summed E-state index contributed by atoms with van der Waals surface area (Å²) in [4.78, 5) is 24.6. The van der Waals surface area contributed by atoms with Crippen LogP contribution in [0.25, 0.3) is 16.8 Å². The summed E-state index contributed by atoms with van der Waals surface area (Å²) in [5.74, 6) is -1.14. The predicted octanol–water partition coefficient (Wildman–Crippen LogP) is 3.81. The highest BCUT2D eigenvalue weighted by Crippen LogP contribution is 2.42. The Balaban J connectivity index is 1.30. The molecular weight excluding hydrogens is 542 g/mol. The molecule has 3 atom stereocenters. The van der Waals surface area contributed by atoms with Gasteiger partial charge in [-0.2, -0.15) is 9.61 Å². The van der Waals surface area contributed by atoms with E-state index in [4.69, 9.17) is 5.73 Å². The SMILES string of the molecule is CC(=O)N(C)[C@@H]1[C@H](N)CN(c2ccncc2Nc2ncc3ccc(-c4c(F)cc(C5(O)CCC5)cc4F)nn23)C[C@@H]1C. The number of amides is 1. The lowest BCUT2D eigenvalue weighted by molar-refractivity contribution is -0.131. The number of halogens is 2. The molecule has 4 N–H and O–H groups in total. The number of hydrogen-bond acceptors (Lipinski definition) is 8. The summed E-state index contributed by atoms with van der Waals surface area (Å²) < 4.78 is 31.9. The Hall–Kier alpha value is -4.16. The molecule has 3 aromatic heterocycles. The van der Waals surface area contributed by atoms with Gasteiger partial charge in [-0.25, -0.2) is 13.8 Å². The number of fused-ring (bicyclic) bond motifs is 1. The second-order valence-corrected chi connectivity index (χ2v) is 11.5. The molecular formula is C30H34F2N8O2. The number of nitrogens with two attached hydrogens (primary N) is 1. The van der Waals surface area contributed by atoms with Crippen LogP contribution in [0, 0.1) is 17.6 Å². The van der Waals surface area contributed by atoms with Crippen molar-refractivity contribution in [3.8, 4) is 11.3 Å². The number of carbonyl (C=O) groups is 1. The van der Waals surface area contributed by atoms with Crippen LogP contribution in [0.5, 0.6) is 0 Å². The van der Waals surface area contributed by atoms with Crippen molar-refractivity contribution >= 4 is 28.7 Å². The molecule has 0 spiro atoms. The summed E-state index contributed by atoms with van der Waals surface area (Å²) in [6.45, 7) is 4.82. The molecule has 10 nitrogen and oxygen atoms in total. The Labute approximate surface area is 242 Å². The number of aliphatic hydroxyl groups is 1. The lowest BCUT2D eigenvalue weighted by Gasteiger charge is -2.46. The van der Waals surface area contributed by atoms with E-state index in [1.54, 1.807) is 49.6 Å². The number of imidazole rings is 1. The van der Waals surface area contributed by atoms with E-state index in [1.165, 1.54) is 16.6 Å². The zero-order valence-corrected chi connectivity index (χ0v) is 23.8. The molecule has 220 valence electrons. The van der Waals surface area contributed by atoms with E-state index >= 15 is 8.78 Å². The first-order chi connectivity index (χ1) is 20.1. The molecule has 4 heterocycles. The summed E-state index contributed by atoms with van der Waals surface area (Å²) in [7, 11) is 1.78. The molecule has 1 amide bonds.